The van der Waals surface area contributed by atoms with E-state index < -0.39 is 16.4 Å². The highest BCUT2D eigenvalue weighted by Gasteiger charge is 2.27. The molecule has 2 rings (SSSR count). The first-order valence-electron chi connectivity index (χ1n) is 6.46. The average molecular weight is 321 g/mol. The lowest BCUT2D eigenvalue weighted by atomic mass is 10.1. The van der Waals surface area contributed by atoms with Gasteiger partial charge >= 0.3 is 6.61 Å². The number of methoxy groups -OCH3 is 1. The molecule has 1 unspecified atom stereocenters. The molecule has 0 radical (unpaired) electrons. The van der Waals surface area contributed by atoms with Gasteiger partial charge in [-0.3, -0.25) is 0 Å². The molecule has 0 aromatic heterocycles. The minimum Gasteiger partial charge on any atom is -0.493 e. The number of halogens is 2. The van der Waals surface area contributed by atoms with E-state index in [-0.39, 0.29) is 35.6 Å². The van der Waals surface area contributed by atoms with E-state index in [4.69, 9.17) is 4.74 Å². The summed E-state index contributed by atoms with van der Waals surface area (Å²) in [7, 11) is -1.61. The van der Waals surface area contributed by atoms with Crippen molar-refractivity contribution in [3.8, 4) is 11.5 Å². The maximum Gasteiger partial charge on any atom is 0.387 e. The van der Waals surface area contributed by atoms with Gasteiger partial charge in [0, 0.05) is 18.2 Å². The Morgan fingerprint density at radius 3 is 2.76 bits per heavy atom. The summed E-state index contributed by atoms with van der Waals surface area (Å²) < 4.78 is 57.2. The van der Waals surface area contributed by atoms with Gasteiger partial charge < -0.3 is 14.8 Å². The van der Waals surface area contributed by atoms with Crippen LogP contribution in [0.15, 0.2) is 18.2 Å². The largest absolute Gasteiger partial charge is 0.493 e. The summed E-state index contributed by atoms with van der Waals surface area (Å²) in [6.07, 6.45) is 0.525. The fourth-order valence-corrected chi connectivity index (χ4v) is 4.00. The lowest BCUT2D eigenvalue weighted by Crippen LogP contribution is -2.29. The first-order chi connectivity index (χ1) is 9.91. The van der Waals surface area contributed by atoms with Gasteiger partial charge in [-0.1, -0.05) is 12.1 Å². The highest BCUT2D eigenvalue weighted by atomic mass is 32.2. The highest BCUT2D eigenvalue weighted by Crippen LogP contribution is 2.32. The van der Waals surface area contributed by atoms with Gasteiger partial charge in [-0.25, -0.2) is 8.42 Å². The molecule has 1 heterocycles. The third-order valence-corrected chi connectivity index (χ3v) is 5.07. The second-order valence-corrected chi connectivity index (χ2v) is 7.04. The van der Waals surface area contributed by atoms with Gasteiger partial charge in [0.15, 0.2) is 21.3 Å². The monoisotopic (exact) mass is 321 g/mol. The Morgan fingerprint density at radius 1 is 1.43 bits per heavy atom. The minimum atomic E-state index is -2.98. The third-order valence-electron chi connectivity index (χ3n) is 3.30. The van der Waals surface area contributed by atoms with Crippen molar-refractivity contribution in [3.05, 3.63) is 23.8 Å². The number of rotatable bonds is 6. The Kier molecular flexibility index (Phi) is 5.00. The van der Waals surface area contributed by atoms with Crippen molar-refractivity contribution in [3.63, 3.8) is 0 Å². The standard InChI is InChI=1S/C13H17F2NO4S/c1-19-11-4-2-3-9(12(11)20-13(14)15)7-16-10-5-6-21(17,18)8-10/h2-4,10,13,16H,5-8H2,1H3. The molecule has 0 amide bonds. The lowest BCUT2D eigenvalue weighted by Gasteiger charge is -2.16. The van der Waals surface area contributed by atoms with E-state index in [9.17, 15) is 17.2 Å². The Bertz CT molecular complexity index is 592. The van der Waals surface area contributed by atoms with Crippen molar-refractivity contribution >= 4 is 9.84 Å². The molecule has 1 aliphatic heterocycles. The molecule has 1 saturated heterocycles. The number of benzene rings is 1. The molecule has 1 atom stereocenters. The molecule has 21 heavy (non-hydrogen) atoms. The summed E-state index contributed by atoms with van der Waals surface area (Å²) in [4.78, 5) is 0. The Labute approximate surface area is 122 Å². The quantitative estimate of drug-likeness (QED) is 0.862. The van der Waals surface area contributed by atoms with Crippen molar-refractivity contribution in [2.75, 3.05) is 18.6 Å². The Balaban J connectivity index is 2.09. The van der Waals surface area contributed by atoms with Crippen LogP contribution in [0.3, 0.4) is 0 Å². The van der Waals surface area contributed by atoms with Crippen LogP contribution in [0.2, 0.25) is 0 Å². The zero-order valence-corrected chi connectivity index (χ0v) is 12.3. The molecule has 5 nitrogen and oxygen atoms in total. The topological polar surface area (TPSA) is 64.6 Å². The summed E-state index contributed by atoms with van der Waals surface area (Å²) >= 11 is 0. The van der Waals surface area contributed by atoms with Crippen LogP contribution < -0.4 is 14.8 Å². The minimum absolute atomic E-state index is 0.0247. The number of nitrogens with one attached hydrogen (secondary N) is 1. The van der Waals surface area contributed by atoms with Crippen LogP contribution >= 0.6 is 0 Å². The van der Waals surface area contributed by atoms with Crippen molar-refractivity contribution in [1.82, 2.24) is 5.32 Å². The van der Waals surface area contributed by atoms with Crippen LogP contribution in [0.25, 0.3) is 0 Å². The number of alkyl halides is 2. The normalized spacial score (nSPS) is 20.7. The molecular weight excluding hydrogens is 304 g/mol. The van der Waals surface area contributed by atoms with Gasteiger partial charge in [0.25, 0.3) is 0 Å². The lowest BCUT2D eigenvalue weighted by molar-refractivity contribution is -0.0518. The predicted molar refractivity (Wildman–Crippen MR) is 73.5 cm³/mol. The number of para-hydroxylation sites is 1. The molecule has 0 aliphatic carbocycles. The number of sulfone groups is 1. The van der Waals surface area contributed by atoms with Crippen LogP contribution in [-0.2, 0) is 16.4 Å². The van der Waals surface area contributed by atoms with Gasteiger partial charge in [-0.15, -0.1) is 0 Å². The maximum atomic E-state index is 12.5. The molecule has 0 saturated carbocycles. The summed E-state index contributed by atoms with van der Waals surface area (Å²) in [5, 5.41) is 3.06. The molecule has 0 spiro atoms. The summed E-state index contributed by atoms with van der Waals surface area (Å²) in [5.41, 5.74) is 0.499. The SMILES string of the molecule is COc1cccc(CNC2CCS(=O)(=O)C2)c1OC(F)F. The van der Waals surface area contributed by atoms with E-state index in [1.165, 1.54) is 13.2 Å². The zero-order chi connectivity index (χ0) is 15.5. The molecule has 1 aliphatic rings. The average Bonchev–Trinajstić information content (AvgIpc) is 2.76. The molecule has 1 fully saturated rings. The summed E-state index contributed by atoms with van der Waals surface area (Å²) in [5.74, 6) is 0.419. The Morgan fingerprint density at radius 2 is 2.19 bits per heavy atom. The number of ether oxygens (including phenoxy) is 2. The maximum absolute atomic E-state index is 12.5. The molecule has 118 valence electrons. The molecule has 1 N–H and O–H groups in total. The molecule has 1 aromatic carbocycles. The number of hydrogen-bond acceptors (Lipinski definition) is 5. The fourth-order valence-electron chi connectivity index (χ4n) is 2.29. The molecule has 8 heteroatoms. The van der Waals surface area contributed by atoms with Crippen LogP contribution in [-0.4, -0.2) is 39.7 Å². The van der Waals surface area contributed by atoms with Crippen molar-refractivity contribution in [2.45, 2.75) is 25.6 Å². The van der Waals surface area contributed by atoms with Gasteiger partial charge in [0.2, 0.25) is 0 Å². The second kappa shape index (κ2) is 6.57. The van der Waals surface area contributed by atoms with Crippen LogP contribution in [0.5, 0.6) is 11.5 Å². The van der Waals surface area contributed by atoms with Crippen molar-refractivity contribution < 1.29 is 26.7 Å². The van der Waals surface area contributed by atoms with E-state index >= 15 is 0 Å². The van der Waals surface area contributed by atoms with E-state index in [1.54, 1.807) is 12.1 Å². The van der Waals surface area contributed by atoms with Crippen LogP contribution in [0, 0.1) is 0 Å². The second-order valence-electron chi connectivity index (χ2n) is 4.81. The first-order valence-corrected chi connectivity index (χ1v) is 8.28. The zero-order valence-electron chi connectivity index (χ0n) is 11.5. The third kappa shape index (κ3) is 4.28. The fraction of sp³-hybridized carbons (Fsp3) is 0.538. The van der Waals surface area contributed by atoms with Gasteiger partial charge in [-0.05, 0) is 12.5 Å². The van der Waals surface area contributed by atoms with Gasteiger partial charge in [-0.2, -0.15) is 8.78 Å². The van der Waals surface area contributed by atoms with E-state index in [2.05, 4.69) is 10.1 Å². The van der Waals surface area contributed by atoms with Crippen LogP contribution in [0.1, 0.15) is 12.0 Å². The summed E-state index contributed by atoms with van der Waals surface area (Å²) in [6, 6.07) is 4.66. The predicted octanol–water partition coefficient (Wildman–Crippen LogP) is 1.57. The molecular formula is C13H17F2NO4S. The van der Waals surface area contributed by atoms with Gasteiger partial charge in [0.05, 0.1) is 18.6 Å². The van der Waals surface area contributed by atoms with E-state index in [1.807, 2.05) is 0 Å². The summed E-state index contributed by atoms with van der Waals surface area (Å²) in [6.45, 7) is -2.72. The van der Waals surface area contributed by atoms with E-state index in [0.717, 1.165) is 0 Å². The van der Waals surface area contributed by atoms with Crippen molar-refractivity contribution in [1.29, 1.82) is 0 Å². The first kappa shape index (κ1) is 16.0. The Hall–Kier alpha value is -1.41. The van der Waals surface area contributed by atoms with Crippen molar-refractivity contribution in [2.24, 2.45) is 0 Å². The molecule has 1 aromatic rings. The van der Waals surface area contributed by atoms with Gasteiger partial charge in [0.1, 0.15) is 0 Å². The highest BCUT2D eigenvalue weighted by molar-refractivity contribution is 7.91. The molecule has 0 bridgehead atoms. The number of hydrogen-bond donors (Lipinski definition) is 1. The smallest absolute Gasteiger partial charge is 0.387 e. The van der Waals surface area contributed by atoms with Crippen LogP contribution in [0.4, 0.5) is 8.78 Å². The van der Waals surface area contributed by atoms with E-state index in [0.29, 0.717) is 12.0 Å².